The van der Waals surface area contributed by atoms with Gasteiger partial charge < -0.3 is 14.9 Å². The number of aliphatic carboxylic acids is 2. The summed E-state index contributed by atoms with van der Waals surface area (Å²) in [7, 11) is -2.35. The number of benzene rings is 1. The Kier molecular flexibility index (Phi) is 8.67. The number of hydrogen-bond acceptors (Lipinski definition) is 6. The standard InChI is InChI=1S/C17H26N2O7S/c1-11(2)10-15(17(22)23)19-14(16(20)21)8-9-18-27(24,25)13-6-4-12(26-3)5-7-13/h4-7,11,14-15,18-19H,8-10H2,1-3H3,(H,20,21)(H,22,23)/t14?,15-/m0/s1. The monoisotopic (exact) mass is 402 g/mol. The van der Waals surface area contributed by atoms with E-state index >= 15 is 0 Å². The van der Waals surface area contributed by atoms with Crippen LogP contribution in [0.25, 0.3) is 0 Å². The average molecular weight is 402 g/mol. The molecule has 152 valence electrons. The molecule has 0 aliphatic carbocycles. The molecule has 2 atom stereocenters. The number of rotatable bonds is 12. The molecule has 0 saturated carbocycles. The van der Waals surface area contributed by atoms with Gasteiger partial charge in [0.15, 0.2) is 0 Å². The highest BCUT2D eigenvalue weighted by Crippen LogP contribution is 2.15. The molecule has 1 rings (SSSR count). The minimum atomic E-state index is -3.81. The maximum atomic E-state index is 12.2. The van der Waals surface area contributed by atoms with E-state index in [0.29, 0.717) is 5.75 Å². The van der Waals surface area contributed by atoms with Crippen molar-refractivity contribution in [2.75, 3.05) is 13.7 Å². The van der Waals surface area contributed by atoms with Gasteiger partial charge in [-0.15, -0.1) is 0 Å². The van der Waals surface area contributed by atoms with Crippen LogP contribution >= 0.6 is 0 Å². The molecule has 1 unspecified atom stereocenters. The first-order valence-electron chi connectivity index (χ1n) is 8.42. The predicted molar refractivity (Wildman–Crippen MR) is 98.2 cm³/mol. The molecule has 0 spiro atoms. The van der Waals surface area contributed by atoms with Crippen LogP contribution in [0.5, 0.6) is 5.75 Å². The number of ether oxygens (including phenoxy) is 1. The number of nitrogens with one attached hydrogen (secondary N) is 2. The van der Waals surface area contributed by atoms with Crippen molar-refractivity contribution < 1.29 is 33.0 Å². The third-order valence-corrected chi connectivity index (χ3v) is 5.28. The van der Waals surface area contributed by atoms with E-state index < -0.39 is 34.0 Å². The maximum absolute atomic E-state index is 12.2. The lowest BCUT2D eigenvalue weighted by Gasteiger charge is -2.21. The Morgan fingerprint density at radius 3 is 2.07 bits per heavy atom. The van der Waals surface area contributed by atoms with Gasteiger partial charge in [-0.1, -0.05) is 13.8 Å². The molecule has 9 nitrogen and oxygen atoms in total. The molecule has 0 amide bonds. The van der Waals surface area contributed by atoms with Gasteiger partial charge in [-0.2, -0.15) is 0 Å². The van der Waals surface area contributed by atoms with Crippen LogP contribution in [0.1, 0.15) is 26.7 Å². The van der Waals surface area contributed by atoms with E-state index in [-0.39, 0.29) is 30.2 Å². The van der Waals surface area contributed by atoms with Crippen LogP contribution in [-0.4, -0.2) is 56.3 Å². The van der Waals surface area contributed by atoms with Crippen molar-refractivity contribution in [2.24, 2.45) is 5.92 Å². The second kappa shape index (κ2) is 10.2. The number of methoxy groups -OCH3 is 1. The summed E-state index contributed by atoms with van der Waals surface area (Å²) in [6.45, 7) is 3.50. The van der Waals surface area contributed by atoms with E-state index in [1.54, 1.807) is 0 Å². The third kappa shape index (κ3) is 7.53. The van der Waals surface area contributed by atoms with Gasteiger partial charge in [0, 0.05) is 6.54 Å². The molecule has 10 heteroatoms. The SMILES string of the molecule is COc1ccc(S(=O)(=O)NCCC(N[C@@H](CC(C)C)C(=O)O)C(=O)O)cc1. The summed E-state index contributed by atoms with van der Waals surface area (Å²) in [5, 5.41) is 21.1. The molecule has 4 N–H and O–H groups in total. The molecular weight excluding hydrogens is 376 g/mol. The van der Waals surface area contributed by atoms with Crippen molar-refractivity contribution in [3.8, 4) is 5.75 Å². The molecular formula is C17H26N2O7S. The molecule has 0 bridgehead atoms. The first kappa shape index (κ1) is 22.9. The molecule has 0 aliphatic heterocycles. The van der Waals surface area contributed by atoms with E-state index in [0.717, 1.165) is 0 Å². The normalized spacial score (nSPS) is 13.9. The van der Waals surface area contributed by atoms with Crippen LogP contribution in [0.2, 0.25) is 0 Å². The maximum Gasteiger partial charge on any atom is 0.320 e. The Morgan fingerprint density at radius 1 is 1.07 bits per heavy atom. The zero-order chi connectivity index (χ0) is 20.6. The van der Waals surface area contributed by atoms with E-state index in [2.05, 4.69) is 10.0 Å². The van der Waals surface area contributed by atoms with Crippen molar-refractivity contribution in [3.63, 3.8) is 0 Å². The van der Waals surface area contributed by atoms with Gasteiger partial charge >= 0.3 is 11.9 Å². The number of carboxylic acid groups (broad SMARTS) is 2. The summed E-state index contributed by atoms with van der Waals surface area (Å²) in [4.78, 5) is 22.7. The molecule has 0 fully saturated rings. The largest absolute Gasteiger partial charge is 0.497 e. The summed E-state index contributed by atoms with van der Waals surface area (Å²) in [6.07, 6.45) is 0.156. The van der Waals surface area contributed by atoms with Crippen LogP contribution < -0.4 is 14.8 Å². The van der Waals surface area contributed by atoms with E-state index in [9.17, 15) is 28.2 Å². The number of sulfonamides is 1. The Bertz CT molecular complexity index is 732. The Hall–Kier alpha value is -2.17. The third-order valence-electron chi connectivity index (χ3n) is 3.80. The summed E-state index contributed by atoms with van der Waals surface area (Å²) in [6, 6.07) is 3.53. The fraction of sp³-hybridized carbons (Fsp3) is 0.529. The van der Waals surface area contributed by atoms with Crippen molar-refractivity contribution >= 4 is 22.0 Å². The summed E-state index contributed by atoms with van der Waals surface area (Å²) in [5.74, 6) is -1.82. The molecule has 0 aromatic heterocycles. The van der Waals surface area contributed by atoms with Crippen molar-refractivity contribution in [2.45, 2.75) is 43.7 Å². The Labute approximate surface area is 158 Å². The van der Waals surface area contributed by atoms with Crippen molar-refractivity contribution in [1.29, 1.82) is 0 Å². The minimum Gasteiger partial charge on any atom is -0.497 e. The second-order valence-corrected chi connectivity index (χ2v) is 8.21. The van der Waals surface area contributed by atoms with Gasteiger partial charge in [0.1, 0.15) is 17.8 Å². The van der Waals surface area contributed by atoms with Crippen LogP contribution in [0.15, 0.2) is 29.2 Å². The average Bonchev–Trinajstić information content (AvgIpc) is 2.59. The van der Waals surface area contributed by atoms with Crippen LogP contribution in [0.3, 0.4) is 0 Å². The second-order valence-electron chi connectivity index (χ2n) is 6.44. The van der Waals surface area contributed by atoms with E-state index in [4.69, 9.17) is 4.74 Å². The first-order chi connectivity index (χ1) is 12.6. The van der Waals surface area contributed by atoms with Crippen LogP contribution in [0, 0.1) is 5.92 Å². The van der Waals surface area contributed by atoms with Gasteiger partial charge in [0.25, 0.3) is 0 Å². The Balaban J connectivity index is 2.70. The highest BCUT2D eigenvalue weighted by Gasteiger charge is 2.27. The van der Waals surface area contributed by atoms with Gasteiger partial charge in [-0.05, 0) is 43.0 Å². The van der Waals surface area contributed by atoms with Crippen LogP contribution in [0.4, 0.5) is 0 Å². The molecule has 27 heavy (non-hydrogen) atoms. The summed E-state index contributed by atoms with van der Waals surface area (Å²) in [5.41, 5.74) is 0. The van der Waals surface area contributed by atoms with Crippen molar-refractivity contribution in [3.05, 3.63) is 24.3 Å². The topological polar surface area (TPSA) is 142 Å². The lowest BCUT2D eigenvalue weighted by Crippen LogP contribution is -2.48. The Morgan fingerprint density at radius 2 is 1.63 bits per heavy atom. The lowest BCUT2D eigenvalue weighted by atomic mass is 10.0. The highest BCUT2D eigenvalue weighted by atomic mass is 32.2. The zero-order valence-electron chi connectivity index (χ0n) is 15.5. The molecule has 1 aromatic carbocycles. The molecule has 1 aromatic rings. The minimum absolute atomic E-state index is 0.0198. The predicted octanol–water partition coefficient (Wildman–Crippen LogP) is 0.906. The molecule has 0 aliphatic rings. The van der Waals surface area contributed by atoms with Crippen molar-refractivity contribution in [1.82, 2.24) is 10.0 Å². The number of carboxylic acids is 2. The highest BCUT2D eigenvalue weighted by molar-refractivity contribution is 7.89. The summed E-state index contributed by atoms with van der Waals surface area (Å²) >= 11 is 0. The number of hydrogen-bond donors (Lipinski definition) is 4. The quantitative estimate of drug-likeness (QED) is 0.404. The van der Waals surface area contributed by atoms with E-state index in [1.165, 1.54) is 31.4 Å². The number of carbonyl (C=O) groups is 2. The summed E-state index contributed by atoms with van der Waals surface area (Å²) < 4.78 is 31.8. The fourth-order valence-corrected chi connectivity index (χ4v) is 3.46. The van der Waals surface area contributed by atoms with Gasteiger partial charge in [0.2, 0.25) is 10.0 Å². The smallest absolute Gasteiger partial charge is 0.320 e. The van der Waals surface area contributed by atoms with Crippen LogP contribution in [-0.2, 0) is 19.6 Å². The van der Waals surface area contributed by atoms with E-state index in [1.807, 2.05) is 13.8 Å². The van der Waals surface area contributed by atoms with Gasteiger partial charge in [0.05, 0.1) is 12.0 Å². The zero-order valence-corrected chi connectivity index (χ0v) is 16.3. The first-order valence-corrected chi connectivity index (χ1v) is 9.90. The molecule has 0 radical (unpaired) electrons. The molecule has 0 heterocycles. The van der Waals surface area contributed by atoms with Gasteiger partial charge in [-0.3, -0.25) is 14.9 Å². The lowest BCUT2D eigenvalue weighted by molar-refractivity contribution is -0.143. The fourth-order valence-electron chi connectivity index (χ4n) is 2.41. The van der Waals surface area contributed by atoms with Gasteiger partial charge in [-0.25, -0.2) is 13.1 Å². The molecule has 0 saturated heterocycles.